The van der Waals surface area contributed by atoms with Gasteiger partial charge in [-0.15, -0.1) is 0 Å². The second kappa shape index (κ2) is 13.4. The molecule has 0 saturated heterocycles. The molecule has 1 heterocycles. The molecule has 3 N–H and O–H groups in total. The molecular weight excluding hydrogens is 440 g/mol. The zero-order chi connectivity index (χ0) is 25.0. The minimum Gasteiger partial charge on any atom is -0.463 e. The number of carbonyl (C=O) groups is 2. The maximum atomic E-state index is 12.7. The number of anilines is 1. The van der Waals surface area contributed by atoms with Crippen molar-refractivity contribution in [1.29, 1.82) is 0 Å². The van der Waals surface area contributed by atoms with Crippen molar-refractivity contribution >= 4 is 18.1 Å². The monoisotopic (exact) mass is 476 g/mol. The van der Waals surface area contributed by atoms with Gasteiger partial charge in [-0.1, -0.05) is 61.7 Å². The Morgan fingerprint density at radius 3 is 2.34 bits per heavy atom. The first kappa shape index (κ1) is 26.2. The van der Waals surface area contributed by atoms with Gasteiger partial charge < -0.3 is 15.4 Å². The third kappa shape index (κ3) is 7.52. The normalized spacial score (nSPS) is 14.4. The SMILES string of the molecule is CNC(C(=O)Nc1ccc(-c2c(C)n[nH]c2C)cc1)C1CCCCC1.O=COCc1ccccc1. The largest absolute Gasteiger partial charge is 0.463 e. The van der Waals surface area contributed by atoms with Crippen molar-refractivity contribution in [3.8, 4) is 11.1 Å². The van der Waals surface area contributed by atoms with Gasteiger partial charge in [-0.05, 0) is 62.9 Å². The smallest absolute Gasteiger partial charge is 0.293 e. The van der Waals surface area contributed by atoms with Gasteiger partial charge in [0, 0.05) is 16.9 Å². The van der Waals surface area contributed by atoms with E-state index in [1.54, 1.807) is 0 Å². The predicted molar refractivity (Wildman–Crippen MR) is 139 cm³/mol. The van der Waals surface area contributed by atoms with Crippen molar-refractivity contribution < 1.29 is 14.3 Å². The highest BCUT2D eigenvalue weighted by atomic mass is 16.5. The second-order valence-electron chi connectivity index (χ2n) is 8.93. The van der Waals surface area contributed by atoms with Crippen LogP contribution in [0.4, 0.5) is 5.69 Å². The quantitative estimate of drug-likeness (QED) is 0.390. The van der Waals surface area contributed by atoms with Crippen LogP contribution in [0.15, 0.2) is 54.6 Å². The number of aromatic amines is 1. The number of hydrogen-bond acceptors (Lipinski definition) is 5. The van der Waals surface area contributed by atoms with Crippen LogP contribution in [-0.2, 0) is 20.9 Å². The van der Waals surface area contributed by atoms with Gasteiger partial charge in [0.2, 0.25) is 5.91 Å². The number of ether oxygens (including phenoxy) is 1. The van der Waals surface area contributed by atoms with Gasteiger partial charge in [-0.2, -0.15) is 5.10 Å². The first-order chi connectivity index (χ1) is 17.0. The first-order valence-corrected chi connectivity index (χ1v) is 12.2. The predicted octanol–water partition coefficient (Wildman–Crippen LogP) is 5.16. The van der Waals surface area contributed by atoms with E-state index in [-0.39, 0.29) is 11.9 Å². The third-order valence-electron chi connectivity index (χ3n) is 6.44. The van der Waals surface area contributed by atoms with Crippen molar-refractivity contribution in [3.63, 3.8) is 0 Å². The number of nitrogens with zero attached hydrogens (tertiary/aromatic N) is 1. The standard InChI is InChI=1S/C20H28N4O.C8H8O2/c1-13-18(14(2)24-23-13)15-9-11-17(12-10-15)22-20(25)19(21-3)16-7-5-4-6-8-16;9-7-10-6-8-4-2-1-3-5-8/h9-12,16,19,21H,4-8H2,1-3H3,(H,22,25)(H,23,24);1-5,7H,6H2. The van der Waals surface area contributed by atoms with E-state index in [2.05, 4.69) is 25.6 Å². The number of likely N-dealkylation sites (N-methyl/N-ethyl adjacent to an activating group) is 1. The summed E-state index contributed by atoms with van der Waals surface area (Å²) in [6.07, 6.45) is 6.03. The maximum Gasteiger partial charge on any atom is 0.293 e. The summed E-state index contributed by atoms with van der Waals surface area (Å²) in [5.41, 5.74) is 6.13. The maximum absolute atomic E-state index is 12.7. The zero-order valence-electron chi connectivity index (χ0n) is 20.8. The van der Waals surface area contributed by atoms with Gasteiger partial charge in [0.15, 0.2) is 0 Å². The van der Waals surface area contributed by atoms with Gasteiger partial charge in [0.25, 0.3) is 6.47 Å². The van der Waals surface area contributed by atoms with Gasteiger partial charge >= 0.3 is 0 Å². The number of hydrogen-bond donors (Lipinski definition) is 3. The van der Waals surface area contributed by atoms with Gasteiger partial charge in [-0.25, -0.2) is 0 Å². The molecule has 3 aromatic rings. The van der Waals surface area contributed by atoms with E-state index in [4.69, 9.17) is 0 Å². The molecule has 186 valence electrons. The molecule has 7 heteroatoms. The van der Waals surface area contributed by atoms with Crippen molar-refractivity contribution in [3.05, 3.63) is 71.5 Å². The van der Waals surface area contributed by atoms with Crippen LogP contribution in [0.3, 0.4) is 0 Å². The summed E-state index contributed by atoms with van der Waals surface area (Å²) in [5, 5.41) is 13.5. The molecule has 1 unspecified atom stereocenters. The van der Waals surface area contributed by atoms with Gasteiger partial charge in [-0.3, -0.25) is 14.7 Å². The van der Waals surface area contributed by atoms with Crippen LogP contribution >= 0.6 is 0 Å². The lowest BCUT2D eigenvalue weighted by Crippen LogP contribution is -2.44. The first-order valence-electron chi connectivity index (χ1n) is 12.2. The Bertz CT molecular complexity index is 1040. The fourth-order valence-electron chi connectivity index (χ4n) is 4.67. The topological polar surface area (TPSA) is 96.1 Å². The second-order valence-corrected chi connectivity index (χ2v) is 8.93. The Morgan fingerprint density at radius 2 is 1.77 bits per heavy atom. The highest BCUT2D eigenvalue weighted by Gasteiger charge is 2.28. The van der Waals surface area contributed by atoms with Crippen LogP contribution in [0.25, 0.3) is 11.1 Å². The van der Waals surface area contributed by atoms with Crippen LogP contribution in [0.5, 0.6) is 0 Å². The van der Waals surface area contributed by atoms with E-state index in [1.807, 2.05) is 75.5 Å². The van der Waals surface area contributed by atoms with E-state index in [9.17, 15) is 9.59 Å². The minimum absolute atomic E-state index is 0.0674. The van der Waals surface area contributed by atoms with Crippen molar-refractivity contribution in [2.75, 3.05) is 12.4 Å². The molecule has 1 saturated carbocycles. The summed E-state index contributed by atoms with van der Waals surface area (Å²) in [4.78, 5) is 22.4. The number of carbonyl (C=O) groups excluding carboxylic acids is 2. The molecule has 2 aromatic carbocycles. The summed E-state index contributed by atoms with van der Waals surface area (Å²) < 4.78 is 4.54. The molecule has 4 rings (SSSR count). The number of H-pyrrole nitrogens is 1. The number of benzene rings is 2. The van der Waals surface area contributed by atoms with E-state index < -0.39 is 0 Å². The zero-order valence-corrected chi connectivity index (χ0v) is 20.8. The van der Waals surface area contributed by atoms with Crippen molar-refractivity contribution in [1.82, 2.24) is 15.5 Å². The van der Waals surface area contributed by atoms with Crippen LogP contribution in [0.2, 0.25) is 0 Å². The van der Waals surface area contributed by atoms with E-state index in [0.29, 0.717) is 19.0 Å². The number of rotatable bonds is 8. The molecule has 1 fully saturated rings. The highest BCUT2D eigenvalue weighted by molar-refractivity contribution is 5.95. The van der Waals surface area contributed by atoms with Crippen LogP contribution in [0.1, 0.15) is 49.1 Å². The molecule has 1 amide bonds. The fraction of sp³-hybridized carbons (Fsp3) is 0.393. The molecule has 0 aliphatic heterocycles. The minimum atomic E-state index is -0.113. The molecular formula is C28H36N4O3. The number of aryl methyl sites for hydroxylation is 2. The summed E-state index contributed by atoms with van der Waals surface area (Å²) in [6, 6.07) is 17.4. The average Bonchev–Trinajstić information content (AvgIpc) is 3.23. The van der Waals surface area contributed by atoms with Crippen LogP contribution < -0.4 is 10.6 Å². The summed E-state index contributed by atoms with van der Waals surface area (Å²) in [5.74, 6) is 0.507. The van der Waals surface area contributed by atoms with E-state index in [1.165, 1.54) is 19.3 Å². The summed E-state index contributed by atoms with van der Waals surface area (Å²) in [7, 11) is 1.88. The fourth-order valence-corrected chi connectivity index (χ4v) is 4.67. The van der Waals surface area contributed by atoms with Crippen LogP contribution in [0, 0.1) is 19.8 Å². The third-order valence-corrected chi connectivity index (χ3v) is 6.44. The Kier molecular flexibility index (Phi) is 10.0. The molecule has 0 radical (unpaired) electrons. The Labute approximate surface area is 207 Å². The van der Waals surface area contributed by atoms with Crippen molar-refractivity contribution in [2.24, 2.45) is 5.92 Å². The Balaban J connectivity index is 0.000000287. The van der Waals surface area contributed by atoms with E-state index in [0.717, 1.165) is 46.6 Å². The van der Waals surface area contributed by atoms with Gasteiger partial charge in [0.05, 0.1) is 11.7 Å². The molecule has 1 aliphatic carbocycles. The molecule has 1 atom stereocenters. The Hall–Kier alpha value is -3.45. The lowest BCUT2D eigenvalue weighted by Gasteiger charge is -2.29. The molecule has 1 aromatic heterocycles. The van der Waals surface area contributed by atoms with Crippen molar-refractivity contribution in [2.45, 2.75) is 58.6 Å². The molecule has 1 aliphatic rings. The molecule has 7 nitrogen and oxygen atoms in total. The molecule has 0 bridgehead atoms. The van der Waals surface area contributed by atoms with E-state index >= 15 is 0 Å². The lowest BCUT2D eigenvalue weighted by molar-refractivity contribution is -0.129. The van der Waals surface area contributed by atoms with Gasteiger partial charge in [0.1, 0.15) is 6.61 Å². The average molecular weight is 477 g/mol. The summed E-state index contributed by atoms with van der Waals surface area (Å²) >= 11 is 0. The molecule has 35 heavy (non-hydrogen) atoms. The van der Waals surface area contributed by atoms with Crippen LogP contribution in [-0.4, -0.2) is 35.7 Å². The lowest BCUT2D eigenvalue weighted by atomic mass is 9.83. The number of amides is 1. The number of aromatic nitrogens is 2. The number of nitrogens with one attached hydrogen (secondary N) is 3. The Morgan fingerprint density at radius 1 is 1.09 bits per heavy atom. The molecule has 0 spiro atoms. The summed E-state index contributed by atoms with van der Waals surface area (Å²) in [6.45, 7) is 4.83. The highest BCUT2D eigenvalue weighted by Crippen LogP contribution is 2.28.